The van der Waals surface area contributed by atoms with Crippen LogP contribution < -0.4 is 4.74 Å². The van der Waals surface area contributed by atoms with E-state index in [1.807, 2.05) is 6.07 Å². The van der Waals surface area contributed by atoms with Gasteiger partial charge in [0.2, 0.25) is 0 Å². The van der Waals surface area contributed by atoms with Gasteiger partial charge in [-0.15, -0.1) is 0 Å². The van der Waals surface area contributed by atoms with Crippen LogP contribution in [0.3, 0.4) is 0 Å². The highest BCUT2D eigenvalue weighted by molar-refractivity contribution is 6.30. The van der Waals surface area contributed by atoms with Crippen LogP contribution >= 0.6 is 11.6 Å². The van der Waals surface area contributed by atoms with Crippen LogP contribution in [-0.4, -0.2) is 12.9 Å². The van der Waals surface area contributed by atoms with E-state index in [-0.39, 0.29) is 5.78 Å². The lowest BCUT2D eigenvalue weighted by molar-refractivity contribution is 0.0953. The highest BCUT2D eigenvalue weighted by Crippen LogP contribution is 2.25. The van der Waals surface area contributed by atoms with E-state index in [4.69, 9.17) is 21.6 Å². The van der Waals surface area contributed by atoms with Crippen molar-refractivity contribution in [2.45, 2.75) is 6.92 Å². The SMILES string of the molecule is COc1cc(Cl)ccc1C(=O)C(C)C#N. The first-order chi connectivity index (χ1) is 7.10. The molecule has 0 spiro atoms. The third-order valence-electron chi connectivity index (χ3n) is 2.02. The highest BCUT2D eigenvalue weighted by atomic mass is 35.5. The number of halogens is 1. The molecule has 0 fully saturated rings. The topological polar surface area (TPSA) is 50.1 Å². The number of nitriles is 1. The van der Waals surface area contributed by atoms with Crippen LogP contribution in [0.15, 0.2) is 18.2 Å². The van der Waals surface area contributed by atoms with Crippen LogP contribution in [0.4, 0.5) is 0 Å². The molecule has 0 aliphatic carbocycles. The van der Waals surface area contributed by atoms with E-state index in [1.165, 1.54) is 7.11 Å². The van der Waals surface area contributed by atoms with Crippen LogP contribution in [0, 0.1) is 17.2 Å². The van der Waals surface area contributed by atoms with E-state index in [0.717, 1.165) is 0 Å². The van der Waals surface area contributed by atoms with Crippen molar-refractivity contribution in [2.75, 3.05) is 7.11 Å². The molecule has 0 amide bonds. The van der Waals surface area contributed by atoms with Gasteiger partial charge in [0.1, 0.15) is 11.7 Å². The first-order valence-corrected chi connectivity index (χ1v) is 4.75. The van der Waals surface area contributed by atoms with Crippen molar-refractivity contribution in [3.63, 3.8) is 0 Å². The predicted octanol–water partition coefficient (Wildman–Crippen LogP) is 2.69. The Morgan fingerprint density at radius 3 is 2.80 bits per heavy atom. The van der Waals surface area contributed by atoms with Crippen LogP contribution in [-0.2, 0) is 0 Å². The number of rotatable bonds is 3. The summed E-state index contributed by atoms with van der Waals surface area (Å²) in [5.74, 6) is -0.541. The predicted molar refractivity (Wildman–Crippen MR) is 57.1 cm³/mol. The number of hydrogen-bond acceptors (Lipinski definition) is 3. The summed E-state index contributed by atoms with van der Waals surface area (Å²) in [6, 6.07) is 6.61. The number of methoxy groups -OCH3 is 1. The van der Waals surface area contributed by atoms with Gasteiger partial charge in [-0.25, -0.2) is 0 Å². The smallest absolute Gasteiger partial charge is 0.183 e. The molecule has 0 bridgehead atoms. The van der Waals surface area contributed by atoms with E-state index < -0.39 is 5.92 Å². The average molecular weight is 224 g/mol. The van der Waals surface area contributed by atoms with Gasteiger partial charge < -0.3 is 4.74 Å². The fourth-order valence-electron chi connectivity index (χ4n) is 1.16. The van der Waals surface area contributed by atoms with Gasteiger partial charge in [-0.1, -0.05) is 11.6 Å². The van der Waals surface area contributed by atoms with Gasteiger partial charge in [-0.2, -0.15) is 5.26 Å². The zero-order chi connectivity index (χ0) is 11.4. The summed E-state index contributed by atoms with van der Waals surface area (Å²) < 4.78 is 5.03. The van der Waals surface area contributed by atoms with Gasteiger partial charge in [-0.05, 0) is 25.1 Å². The van der Waals surface area contributed by atoms with Crippen molar-refractivity contribution < 1.29 is 9.53 Å². The summed E-state index contributed by atoms with van der Waals surface area (Å²) in [5.41, 5.74) is 0.385. The minimum atomic E-state index is -0.680. The summed E-state index contributed by atoms with van der Waals surface area (Å²) in [6.07, 6.45) is 0. The summed E-state index contributed by atoms with van der Waals surface area (Å²) in [5, 5.41) is 9.14. The molecule has 0 N–H and O–H groups in total. The van der Waals surface area contributed by atoms with Crippen LogP contribution in [0.1, 0.15) is 17.3 Å². The van der Waals surface area contributed by atoms with Gasteiger partial charge in [0.15, 0.2) is 5.78 Å². The Hall–Kier alpha value is -1.53. The molecule has 0 radical (unpaired) electrons. The molecule has 4 heteroatoms. The maximum absolute atomic E-state index is 11.7. The van der Waals surface area contributed by atoms with Crippen molar-refractivity contribution >= 4 is 17.4 Å². The molecule has 0 saturated heterocycles. The molecule has 1 rings (SSSR count). The van der Waals surface area contributed by atoms with Crippen molar-refractivity contribution in [3.8, 4) is 11.8 Å². The van der Waals surface area contributed by atoms with Crippen molar-refractivity contribution in [1.29, 1.82) is 5.26 Å². The number of Topliss-reactive ketones (excluding diaryl/α,β-unsaturated/α-hetero) is 1. The lowest BCUT2D eigenvalue weighted by atomic mass is 10.00. The third-order valence-corrected chi connectivity index (χ3v) is 2.25. The Bertz CT molecular complexity index is 423. The molecule has 1 unspecified atom stereocenters. The minimum absolute atomic E-state index is 0.258. The van der Waals surface area contributed by atoms with Gasteiger partial charge in [0.25, 0.3) is 0 Å². The monoisotopic (exact) mass is 223 g/mol. The Morgan fingerprint density at radius 2 is 2.27 bits per heavy atom. The van der Waals surface area contributed by atoms with Crippen molar-refractivity contribution in [1.82, 2.24) is 0 Å². The van der Waals surface area contributed by atoms with Crippen molar-refractivity contribution in [2.24, 2.45) is 5.92 Å². The van der Waals surface area contributed by atoms with Crippen LogP contribution in [0.2, 0.25) is 5.02 Å². The van der Waals surface area contributed by atoms with Gasteiger partial charge >= 0.3 is 0 Å². The molecule has 0 aliphatic heterocycles. The molecule has 15 heavy (non-hydrogen) atoms. The number of carbonyl (C=O) groups excluding carboxylic acids is 1. The zero-order valence-electron chi connectivity index (χ0n) is 8.45. The normalized spacial score (nSPS) is 11.6. The molecule has 78 valence electrons. The van der Waals surface area contributed by atoms with Gasteiger partial charge in [0, 0.05) is 5.02 Å². The zero-order valence-corrected chi connectivity index (χ0v) is 9.21. The molecular formula is C11H10ClNO2. The Kier molecular flexibility index (Phi) is 3.70. The van der Waals surface area contributed by atoms with Crippen LogP contribution in [0.5, 0.6) is 5.75 Å². The lowest BCUT2D eigenvalue weighted by Gasteiger charge is -2.08. The minimum Gasteiger partial charge on any atom is -0.496 e. The van der Waals surface area contributed by atoms with Gasteiger partial charge in [-0.3, -0.25) is 4.79 Å². The second kappa shape index (κ2) is 4.81. The fourth-order valence-corrected chi connectivity index (χ4v) is 1.32. The lowest BCUT2D eigenvalue weighted by Crippen LogP contribution is -2.10. The van der Waals surface area contributed by atoms with E-state index in [9.17, 15) is 4.79 Å². The fraction of sp³-hybridized carbons (Fsp3) is 0.273. The molecule has 3 nitrogen and oxygen atoms in total. The molecule has 1 aromatic carbocycles. The largest absolute Gasteiger partial charge is 0.496 e. The summed E-state index contributed by atoms with van der Waals surface area (Å²) >= 11 is 5.76. The number of hydrogen-bond donors (Lipinski definition) is 0. The Labute approximate surface area is 93.2 Å². The first kappa shape index (κ1) is 11.5. The van der Waals surface area contributed by atoms with E-state index in [2.05, 4.69) is 0 Å². The molecule has 1 aromatic rings. The number of nitrogens with zero attached hydrogens (tertiary/aromatic N) is 1. The standard InChI is InChI=1S/C11H10ClNO2/c1-7(6-13)11(14)9-4-3-8(12)5-10(9)15-2/h3-5,7H,1-2H3. The summed E-state index contributed by atoms with van der Waals surface area (Å²) in [6.45, 7) is 1.55. The number of ether oxygens (including phenoxy) is 1. The van der Waals surface area contributed by atoms with Crippen molar-refractivity contribution in [3.05, 3.63) is 28.8 Å². The Morgan fingerprint density at radius 1 is 1.60 bits per heavy atom. The number of ketones is 1. The molecular weight excluding hydrogens is 214 g/mol. The summed E-state index contributed by atoms with van der Waals surface area (Å²) in [7, 11) is 1.46. The number of benzene rings is 1. The Balaban J connectivity index is 3.15. The van der Waals surface area contributed by atoms with E-state index in [0.29, 0.717) is 16.3 Å². The molecule has 0 aliphatic rings. The van der Waals surface area contributed by atoms with Gasteiger partial charge in [0.05, 0.1) is 18.7 Å². The average Bonchev–Trinajstić information content (AvgIpc) is 2.26. The van der Waals surface area contributed by atoms with E-state index >= 15 is 0 Å². The van der Waals surface area contributed by atoms with Crippen LogP contribution in [0.25, 0.3) is 0 Å². The molecule has 0 saturated carbocycles. The second-order valence-corrected chi connectivity index (χ2v) is 3.50. The highest BCUT2D eigenvalue weighted by Gasteiger charge is 2.18. The maximum Gasteiger partial charge on any atom is 0.183 e. The second-order valence-electron chi connectivity index (χ2n) is 3.06. The molecule has 1 atom stereocenters. The number of carbonyl (C=O) groups is 1. The van der Waals surface area contributed by atoms with E-state index in [1.54, 1.807) is 25.1 Å². The third kappa shape index (κ3) is 2.48. The molecule has 0 heterocycles. The maximum atomic E-state index is 11.7. The summed E-state index contributed by atoms with van der Waals surface area (Å²) in [4.78, 5) is 11.7. The first-order valence-electron chi connectivity index (χ1n) is 4.37. The molecule has 0 aromatic heterocycles. The quantitative estimate of drug-likeness (QED) is 0.741.